The quantitative estimate of drug-likeness (QED) is 0.792. The summed E-state index contributed by atoms with van der Waals surface area (Å²) >= 11 is 1.54. The van der Waals surface area contributed by atoms with Crippen molar-refractivity contribution in [3.63, 3.8) is 0 Å². The van der Waals surface area contributed by atoms with Gasteiger partial charge in [0, 0.05) is 32.7 Å². The van der Waals surface area contributed by atoms with Gasteiger partial charge in [0.2, 0.25) is 0 Å². The smallest absolute Gasteiger partial charge is 0.0798 e. The van der Waals surface area contributed by atoms with E-state index in [2.05, 4.69) is 26.7 Å². The van der Waals surface area contributed by atoms with Gasteiger partial charge in [-0.05, 0) is 18.0 Å². The van der Waals surface area contributed by atoms with Crippen molar-refractivity contribution >= 4 is 11.5 Å². The van der Waals surface area contributed by atoms with Crippen LogP contribution in [0, 0.1) is 0 Å². The Balaban J connectivity index is 1.95. The van der Waals surface area contributed by atoms with Crippen LogP contribution in [0.15, 0.2) is 0 Å². The predicted molar refractivity (Wildman–Crippen MR) is 57.4 cm³/mol. The van der Waals surface area contributed by atoms with E-state index in [4.69, 9.17) is 0 Å². The maximum Gasteiger partial charge on any atom is 0.0798 e. The molecule has 0 radical (unpaired) electrons. The molecule has 0 bridgehead atoms. The van der Waals surface area contributed by atoms with Crippen LogP contribution < -0.4 is 5.32 Å². The average Bonchev–Trinajstić information content (AvgIpc) is 2.67. The number of aryl methyl sites for hydroxylation is 1. The summed E-state index contributed by atoms with van der Waals surface area (Å²) in [5, 5.41) is 7.48. The van der Waals surface area contributed by atoms with Gasteiger partial charge in [0.1, 0.15) is 0 Å². The molecule has 1 N–H and O–H groups in total. The molecule has 0 amide bonds. The van der Waals surface area contributed by atoms with Gasteiger partial charge >= 0.3 is 0 Å². The lowest BCUT2D eigenvalue weighted by Crippen LogP contribution is -2.42. The van der Waals surface area contributed by atoms with E-state index in [1.54, 1.807) is 11.5 Å². The topological polar surface area (TPSA) is 41.1 Å². The Labute approximate surface area is 88.5 Å². The summed E-state index contributed by atoms with van der Waals surface area (Å²) in [7, 11) is 0. The summed E-state index contributed by atoms with van der Waals surface area (Å²) in [4.78, 5) is 3.81. The highest BCUT2D eigenvalue weighted by atomic mass is 32.1. The Morgan fingerprint density at radius 2 is 2.21 bits per heavy atom. The second-order valence-corrected chi connectivity index (χ2v) is 4.36. The molecule has 0 unspecified atom stereocenters. The normalized spacial score (nSPS) is 18.6. The van der Waals surface area contributed by atoms with E-state index in [9.17, 15) is 0 Å². The molecule has 2 rings (SSSR count). The third-order valence-electron chi connectivity index (χ3n) is 2.55. The van der Waals surface area contributed by atoms with Crippen molar-refractivity contribution in [2.24, 2.45) is 0 Å². The van der Waals surface area contributed by atoms with Crippen LogP contribution in [-0.4, -0.2) is 40.7 Å². The van der Waals surface area contributed by atoms with Crippen molar-refractivity contribution in [3.05, 3.63) is 10.6 Å². The average molecular weight is 212 g/mol. The van der Waals surface area contributed by atoms with Crippen LogP contribution in [0.2, 0.25) is 0 Å². The van der Waals surface area contributed by atoms with E-state index in [1.807, 2.05) is 0 Å². The Bertz CT molecular complexity index is 280. The molecule has 0 saturated carbocycles. The molecule has 0 aromatic carbocycles. The van der Waals surface area contributed by atoms with E-state index in [-0.39, 0.29) is 0 Å². The lowest BCUT2D eigenvalue weighted by Gasteiger charge is -2.26. The van der Waals surface area contributed by atoms with Crippen molar-refractivity contribution in [2.45, 2.75) is 19.9 Å². The summed E-state index contributed by atoms with van der Waals surface area (Å²) in [6.45, 7) is 7.66. The molecule has 5 heteroatoms. The van der Waals surface area contributed by atoms with Crippen LogP contribution in [0.25, 0.3) is 0 Å². The molecule has 4 nitrogen and oxygen atoms in total. The molecule has 1 aliphatic rings. The SMILES string of the molecule is CCc1nnsc1CN1CCNCC1. The van der Waals surface area contributed by atoms with Crippen LogP contribution in [0.3, 0.4) is 0 Å². The monoisotopic (exact) mass is 212 g/mol. The van der Waals surface area contributed by atoms with Crippen molar-refractivity contribution in [1.82, 2.24) is 19.8 Å². The van der Waals surface area contributed by atoms with Crippen LogP contribution >= 0.6 is 11.5 Å². The van der Waals surface area contributed by atoms with E-state index in [0.717, 1.165) is 39.1 Å². The summed E-state index contributed by atoms with van der Waals surface area (Å²) in [5.74, 6) is 0. The Hall–Kier alpha value is -0.520. The molecule has 2 heterocycles. The number of nitrogens with one attached hydrogen (secondary N) is 1. The van der Waals surface area contributed by atoms with Crippen molar-refractivity contribution < 1.29 is 0 Å². The number of piperazine rings is 1. The standard InChI is InChI=1S/C9H16N4S/c1-2-8-9(14-12-11-8)7-13-5-3-10-4-6-13/h10H,2-7H2,1H3. The van der Waals surface area contributed by atoms with Gasteiger partial charge in [0.05, 0.1) is 10.6 Å². The van der Waals surface area contributed by atoms with Crippen molar-refractivity contribution in [3.8, 4) is 0 Å². The molecule has 78 valence electrons. The fraction of sp³-hybridized carbons (Fsp3) is 0.778. The highest BCUT2D eigenvalue weighted by Gasteiger charge is 2.13. The molecule has 14 heavy (non-hydrogen) atoms. The molecule has 1 aromatic rings. The van der Waals surface area contributed by atoms with E-state index in [1.165, 1.54) is 10.6 Å². The third-order valence-corrected chi connectivity index (χ3v) is 3.29. The van der Waals surface area contributed by atoms with Gasteiger partial charge in [-0.25, -0.2) is 0 Å². The molecule has 1 saturated heterocycles. The minimum absolute atomic E-state index is 0.998. The maximum absolute atomic E-state index is 4.13. The highest BCUT2D eigenvalue weighted by molar-refractivity contribution is 7.05. The fourth-order valence-electron chi connectivity index (χ4n) is 1.69. The lowest BCUT2D eigenvalue weighted by molar-refractivity contribution is 0.234. The highest BCUT2D eigenvalue weighted by Crippen LogP contribution is 2.14. The zero-order chi connectivity index (χ0) is 9.80. The minimum atomic E-state index is 0.998. The largest absolute Gasteiger partial charge is 0.314 e. The number of nitrogens with zero attached hydrogens (tertiary/aromatic N) is 3. The van der Waals surface area contributed by atoms with Crippen LogP contribution in [0.5, 0.6) is 0 Å². The summed E-state index contributed by atoms with van der Waals surface area (Å²) in [6.07, 6.45) is 0.998. The lowest BCUT2D eigenvalue weighted by atomic mass is 10.2. The molecule has 0 atom stereocenters. The molecule has 1 fully saturated rings. The molecular formula is C9H16N4S. The van der Waals surface area contributed by atoms with Gasteiger partial charge in [-0.1, -0.05) is 11.4 Å². The number of rotatable bonds is 3. The van der Waals surface area contributed by atoms with Crippen molar-refractivity contribution in [2.75, 3.05) is 26.2 Å². The summed E-state index contributed by atoms with van der Waals surface area (Å²) in [5.41, 5.74) is 1.17. The van der Waals surface area contributed by atoms with Gasteiger partial charge in [-0.15, -0.1) is 5.10 Å². The fourth-order valence-corrected chi connectivity index (χ4v) is 2.46. The molecule has 0 aliphatic carbocycles. The Kier molecular flexibility index (Phi) is 3.44. The number of hydrogen-bond donors (Lipinski definition) is 1. The van der Waals surface area contributed by atoms with E-state index < -0.39 is 0 Å². The van der Waals surface area contributed by atoms with Gasteiger partial charge in [0.15, 0.2) is 0 Å². The molecular weight excluding hydrogens is 196 g/mol. The first-order valence-electron chi connectivity index (χ1n) is 5.13. The molecule has 1 aromatic heterocycles. The van der Waals surface area contributed by atoms with Gasteiger partial charge in [0.25, 0.3) is 0 Å². The first-order chi connectivity index (χ1) is 6.90. The van der Waals surface area contributed by atoms with Gasteiger partial charge in [-0.3, -0.25) is 4.90 Å². The Morgan fingerprint density at radius 3 is 2.93 bits per heavy atom. The third kappa shape index (κ3) is 2.29. The summed E-state index contributed by atoms with van der Waals surface area (Å²) < 4.78 is 4.01. The van der Waals surface area contributed by atoms with Crippen LogP contribution in [0.1, 0.15) is 17.5 Å². The number of hydrogen-bond acceptors (Lipinski definition) is 5. The first-order valence-corrected chi connectivity index (χ1v) is 5.90. The van der Waals surface area contributed by atoms with Crippen LogP contribution in [0.4, 0.5) is 0 Å². The molecule has 1 aliphatic heterocycles. The zero-order valence-electron chi connectivity index (χ0n) is 8.49. The zero-order valence-corrected chi connectivity index (χ0v) is 9.31. The van der Waals surface area contributed by atoms with E-state index >= 15 is 0 Å². The van der Waals surface area contributed by atoms with Crippen molar-refractivity contribution in [1.29, 1.82) is 0 Å². The second-order valence-electron chi connectivity index (χ2n) is 3.52. The summed E-state index contributed by atoms with van der Waals surface area (Å²) in [6, 6.07) is 0. The maximum atomic E-state index is 4.13. The van der Waals surface area contributed by atoms with Crippen LogP contribution in [-0.2, 0) is 13.0 Å². The van der Waals surface area contributed by atoms with E-state index in [0.29, 0.717) is 0 Å². The van der Waals surface area contributed by atoms with Gasteiger partial charge in [-0.2, -0.15) is 0 Å². The first kappa shape index (κ1) is 10.0. The predicted octanol–water partition coefficient (Wildman–Crippen LogP) is 0.506. The number of aromatic nitrogens is 2. The Morgan fingerprint density at radius 1 is 1.43 bits per heavy atom. The van der Waals surface area contributed by atoms with Gasteiger partial charge < -0.3 is 5.32 Å². The minimum Gasteiger partial charge on any atom is -0.314 e. The molecule has 0 spiro atoms. The second kappa shape index (κ2) is 4.82.